The number of nitrogens with zero attached hydrogens (tertiary/aromatic N) is 2. The molecule has 1 aliphatic rings. The third-order valence-corrected chi connectivity index (χ3v) is 12.8. The average Bonchev–Trinajstić information content (AvgIpc) is 2.98. The molecule has 0 saturated carbocycles. The Morgan fingerprint density at radius 1 is 0.964 bits per heavy atom. The second kappa shape index (κ2) is 8.13. The van der Waals surface area contributed by atoms with Crippen molar-refractivity contribution < 1.29 is 0 Å². The summed E-state index contributed by atoms with van der Waals surface area (Å²) in [5.74, 6) is 4.71. The SMILES string of the molecule is CC(C)[Si](C#Cc1cccc2c1N(c1ccccn1)[C@H](C)C2)(C(C)C)C(C)C. The predicted molar refractivity (Wildman–Crippen MR) is 124 cm³/mol. The van der Waals surface area contributed by atoms with Crippen LogP contribution in [0.15, 0.2) is 42.6 Å². The summed E-state index contributed by atoms with van der Waals surface area (Å²) in [7, 11) is -1.76. The van der Waals surface area contributed by atoms with Crippen LogP contribution in [-0.4, -0.2) is 19.1 Å². The molecule has 0 saturated heterocycles. The van der Waals surface area contributed by atoms with E-state index in [2.05, 4.69) is 100 Å². The van der Waals surface area contributed by atoms with Crippen LogP contribution in [0.25, 0.3) is 0 Å². The fraction of sp³-hybridized carbons (Fsp3) is 0.480. The number of aromatic nitrogens is 1. The molecule has 2 aromatic rings. The number of fused-ring (bicyclic) bond motifs is 1. The highest BCUT2D eigenvalue weighted by molar-refractivity contribution is 6.90. The summed E-state index contributed by atoms with van der Waals surface area (Å²) in [6.45, 7) is 16.5. The number of hydrogen-bond donors (Lipinski definition) is 0. The quantitative estimate of drug-likeness (QED) is 0.425. The van der Waals surface area contributed by atoms with Gasteiger partial charge in [-0.3, -0.25) is 0 Å². The minimum Gasteiger partial charge on any atom is -0.322 e. The summed E-state index contributed by atoms with van der Waals surface area (Å²) in [6.07, 6.45) is 2.92. The number of pyridine rings is 1. The molecule has 0 unspecified atom stereocenters. The fourth-order valence-corrected chi connectivity index (χ4v) is 10.4. The highest BCUT2D eigenvalue weighted by Gasteiger charge is 2.42. The first-order valence-corrected chi connectivity index (χ1v) is 12.9. The highest BCUT2D eigenvalue weighted by atomic mass is 28.3. The maximum absolute atomic E-state index is 4.63. The van der Waals surface area contributed by atoms with E-state index in [0.29, 0.717) is 22.7 Å². The molecule has 0 aliphatic carbocycles. The Labute approximate surface area is 172 Å². The lowest BCUT2D eigenvalue weighted by molar-refractivity contribution is 0.750. The van der Waals surface area contributed by atoms with E-state index >= 15 is 0 Å². The molecule has 1 aromatic carbocycles. The third-order valence-electron chi connectivity index (χ3n) is 6.49. The van der Waals surface area contributed by atoms with E-state index in [1.165, 1.54) is 11.3 Å². The number of hydrogen-bond acceptors (Lipinski definition) is 2. The molecule has 2 nitrogen and oxygen atoms in total. The summed E-state index contributed by atoms with van der Waals surface area (Å²) >= 11 is 0. The van der Waals surface area contributed by atoms with Crippen molar-refractivity contribution in [3.05, 3.63) is 53.7 Å². The van der Waals surface area contributed by atoms with Crippen molar-refractivity contribution in [3.8, 4) is 11.5 Å². The Kier molecular flexibility index (Phi) is 6.00. The lowest BCUT2D eigenvalue weighted by atomic mass is 10.1. The number of para-hydroxylation sites is 1. The zero-order chi connectivity index (χ0) is 20.5. The van der Waals surface area contributed by atoms with Crippen LogP contribution in [0.1, 0.15) is 59.6 Å². The Balaban J connectivity index is 2.13. The van der Waals surface area contributed by atoms with Gasteiger partial charge < -0.3 is 4.90 Å². The monoisotopic (exact) mass is 390 g/mol. The summed E-state index contributed by atoms with van der Waals surface area (Å²) in [6, 6.07) is 13.2. The lowest BCUT2D eigenvalue weighted by Crippen LogP contribution is -2.43. The summed E-state index contributed by atoms with van der Waals surface area (Å²) < 4.78 is 0. The molecule has 0 N–H and O–H groups in total. The van der Waals surface area contributed by atoms with Crippen molar-refractivity contribution in [1.29, 1.82) is 0 Å². The Hall–Kier alpha value is -2.05. The third kappa shape index (κ3) is 3.51. The van der Waals surface area contributed by atoms with E-state index in [1.807, 2.05) is 12.3 Å². The number of anilines is 2. The van der Waals surface area contributed by atoms with Crippen molar-refractivity contribution in [2.75, 3.05) is 4.90 Å². The summed E-state index contributed by atoms with van der Waals surface area (Å²) in [5, 5.41) is 0. The zero-order valence-electron chi connectivity index (χ0n) is 18.5. The van der Waals surface area contributed by atoms with Crippen molar-refractivity contribution in [1.82, 2.24) is 4.98 Å². The van der Waals surface area contributed by atoms with Crippen molar-refractivity contribution >= 4 is 19.6 Å². The summed E-state index contributed by atoms with van der Waals surface area (Å²) in [4.78, 5) is 7.01. The zero-order valence-corrected chi connectivity index (χ0v) is 19.5. The largest absolute Gasteiger partial charge is 0.322 e. The first kappa shape index (κ1) is 20.7. The second-order valence-corrected chi connectivity index (χ2v) is 14.7. The first-order chi connectivity index (χ1) is 13.3. The predicted octanol–water partition coefficient (Wildman–Crippen LogP) is 6.73. The number of rotatable bonds is 4. The van der Waals surface area contributed by atoms with Crippen molar-refractivity contribution in [2.24, 2.45) is 0 Å². The molecular weight excluding hydrogens is 356 g/mol. The van der Waals surface area contributed by atoms with E-state index in [0.717, 1.165) is 17.8 Å². The van der Waals surface area contributed by atoms with Gasteiger partial charge in [0, 0.05) is 17.8 Å². The van der Waals surface area contributed by atoms with E-state index in [9.17, 15) is 0 Å². The molecule has 0 fully saturated rings. The fourth-order valence-electron chi connectivity index (χ4n) is 5.22. The Morgan fingerprint density at radius 3 is 2.21 bits per heavy atom. The molecule has 0 amide bonds. The van der Waals surface area contributed by atoms with Crippen LogP contribution in [0.5, 0.6) is 0 Å². The first-order valence-electron chi connectivity index (χ1n) is 10.6. The van der Waals surface area contributed by atoms with Gasteiger partial charge in [0.2, 0.25) is 0 Å². The van der Waals surface area contributed by atoms with E-state index in [4.69, 9.17) is 0 Å². The van der Waals surface area contributed by atoms with E-state index in [-0.39, 0.29) is 0 Å². The maximum atomic E-state index is 4.63. The van der Waals surface area contributed by atoms with Gasteiger partial charge in [-0.1, -0.05) is 65.7 Å². The standard InChI is InChI=1S/C25H34N2Si/c1-18(2)28(19(3)4,20(5)6)16-14-22-11-10-12-23-17-21(7)27(25(22)23)24-13-8-9-15-26-24/h8-13,15,18-21H,17H2,1-7H3/t21-/m1/s1. The molecule has 1 atom stereocenters. The van der Waals surface area contributed by atoms with Crippen LogP contribution >= 0.6 is 0 Å². The lowest BCUT2D eigenvalue weighted by Gasteiger charge is -2.38. The van der Waals surface area contributed by atoms with Gasteiger partial charge in [-0.15, -0.1) is 5.54 Å². The van der Waals surface area contributed by atoms with Crippen LogP contribution in [-0.2, 0) is 6.42 Å². The molecule has 3 heteroatoms. The minimum atomic E-state index is -1.76. The van der Waals surface area contributed by atoms with Crippen LogP contribution in [0.4, 0.5) is 11.5 Å². The van der Waals surface area contributed by atoms with Crippen LogP contribution < -0.4 is 4.90 Å². The topological polar surface area (TPSA) is 16.1 Å². The Morgan fingerprint density at radius 2 is 1.64 bits per heavy atom. The molecule has 148 valence electrons. The molecule has 28 heavy (non-hydrogen) atoms. The summed E-state index contributed by atoms with van der Waals surface area (Å²) in [5.41, 5.74) is 9.64. The smallest absolute Gasteiger partial charge is 0.146 e. The van der Waals surface area contributed by atoms with Gasteiger partial charge in [-0.05, 0) is 53.7 Å². The minimum absolute atomic E-state index is 0.398. The van der Waals surface area contributed by atoms with Gasteiger partial charge in [0.1, 0.15) is 13.9 Å². The molecule has 1 aliphatic heterocycles. The maximum Gasteiger partial charge on any atom is 0.146 e. The van der Waals surface area contributed by atoms with Gasteiger partial charge in [-0.2, -0.15) is 0 Å². The molecule has 0 bridgehead atoms. The van der Waals surface area contributed by atoms with Crippen LogP contribution in [0.3, 0.4) is 0 Å². The van der Waals surface area contributed by atoms with Gasteiger partial charge in [-0.25, -0.2) is 4.98 Å². The van der Waals surface area contributed by atoms with Gasteiger partial charge in [0.25, 0.3) is 0 Å². The van der Waals surface area contributed by atoms with Crippen molar-refractivity contribution in [2.45, 2.75) is 77.6 Å². The highest BCUT2D eigenvalue weighted by Crippen LogP contribution is 2.42. The van der Waals surface area contributed by atoms with E-state index in [1.54, 1.807) is 0 Å². The molecular formula is C25H34N2Si. The molecule has 0 radical (unpaired) electrons. The van der Waals surface area contributed by atoms with Crippen LogP contribution in [0, 0.1) is 11.5 Å². The average molecular weight is 391 g/mol. The van der Waals surface area contributed by atoms with E-state index < -0.39 is 8.07 Å². The van der Waals surface area contributed by atoms with Crippen molar-refractivity contribution in [3.63, 3.8) is 0 Å². The van der Waals surface area contributed by atoms with Gasteiger partial charge in [0.15, 0.2) is 0 Å². The van der Waals surface area contributed by atoms with Crippen LogP contribution in [0.2, 0.25) is 16.6 Å². The molecule has 0 spiro atoms. The molecule has 3 rings (SSSR count). The number of benzene rings is 1. The van der Waals surface area contributed by atoms with Gasteiger partial charge >= 0.3 is 0 Å². The molecule has 2 heterocycles. The van der Waals surface area contributed by atoms with Gasteiger partial charge in [0.05, 0.1) is 5.69 Å². The molecule has 1 aromatic heterocycles. The second-order valence-electron chi connectivity index (χ2n) is 9.07. The normalized spacial score (nSPS) is 16.5. The Bertz CT molecular complexity index is 853.